The summed E-state index contributed by atoms with van der Waals surface area (Å²) in [5.74, 6) is -0.165. The summed E-state index contributed by atoms with van der Waals surface area (Å²) in [5.41, 5.74) is 6.08. The molecule has 3 N–H and O–H groups in total. The van der Waals surface area contributed by atoms with Crippen LogP contribution < -0.4 is 11.1 Å². The summed E-state index contributed by atoms with van der Waals surface area (Å²) in [7, 11) is 0. The number of nitrogen functional groups attached to an aromatic ring is 1. The number of nitrogens with two attached hydrogens (primary N) is 1. The van der Waals surface area contributed by atoms with Crippen LogP contribution in [0, 0.1) is 0 Å². The maximum absolute atomic E-state index is 12.0. The number of carbonyl (C=O) groups is 1. The Balaban J connectivity index is 1.98. The molecule has 1 atom stereocenters. The molecule has 0 radical (unpaired) electrons. The van der Waals surface area contributed by atoms with Gasteiger partial charge in [0.15, 0.2) is 4.34 Å². The predicted molar refractivity (Wildman–Crippen MR) is 84.7 cm³/mol. The largest absolute Gasteiger partial charge is 0.374 e. The fourth-order valence-electron chi connectivity index (χ4n) is 1.29. The number of aromatic nitrogens is 2. The minimum absolute atomic E-state index is 0.165. The van der Waals surface area contributed by atoms with Crippen molar-refractivity contribution in [3.05, 3.63) is 28.2 Å². The first kappa shape index (κ1) is 15.4. The van der Waals surface area contributed by atoms with Crippen LogP contribution in [0.25, 0.3) is 0 Å². The molecule has 20 heavy (non-hydrogen) atoms. The van der Waals surface area contributed by atoms with E-state index in [1.165, 1.54) is 23.1 Å². The summed E-state index contributed by atoms with van der Waals surface area (Å²) in [5, 5.41) is 11.2. The average Bonchev–Trinajstić information content (AvgIpc) is 2.79. The Bertz CT molecular complexity index is 635. The van der Waals surface area contributed by atoms with Crippen molar-refractivity contribution >= 4 is 63.0 Å². The second kappa shape index (κ2) is 6.62. The fraction of sp³-hybridized carbons (Fsp3) is 0.182. The van der Waals surface area contributed by atoms with Crippen LogP contribution in [-0.2, 0) is 4.79 Å². The highest BCUT2D eigenvalue weighted by molar-refractivity contribution is 8.02. The SMILES string of the molecule is C[C@@H](Sc1nnc(N)s1)C(=O)Nc1ccc(Cl)c(Cl)c1. The van der Waals surface area contributed by atoms with Crippen molar-refractivity contribution in [2.24, 2.45) is 0 Å². The van der Waals surface area contributed by atoms with E-state index in [1.807, 2.05) is 0 Å². The van der Waals surface area contributed by atoms with Crippen molar-refractivity contribution in [3.8, 4) is 0 Å². The zero-order valence-corrected chi connectivity index (χ0v) is 13.4. The van der Waals surface area contributed by atoms with Crippen LogP contribution >= 0.6 is 46.3 Å². The van der Waals surface area contributed by atoms with Crippen LogP contribution in [0.3, 0.4) is 0 Å². The van der Waals surface area contributed by atoms with Crippen LogP contribution in [-0.4, -0.2) is 21.4 Å². The van der Waals surface area contributed by atoms with Crippen LogP contribution in [0.1, 0.15) is 6.92 Å². The normalized spacial score (nSPS) is 12.2. The Kier molecular flexibility index (Phi) is 5.09. The molecule has 0 aliphatic carbocycles. The summed E-state index contributed by atoms with van der Waals surface area (Å²) in [6, 6.07) is 4.91. The van der Waals surface area contributed by atoms with Crippen molar-refractivity contribution in [2.75, 3.05) is 11.1 Å². The molecular weight excluding hydrogens is 339 g/mol. The number of benzene rings is 1. The van der Waals surface area contributed by atoms with E-state index in [9.17, 15) is 4.79 Å². The Morgan fingerprint density at radius 3 is 2.75 bits per heavy atom. The first-order chi connectivity index (χ1) is 9.45. The second-order valence-electron chi connectivity index (χ2n) is 3.78. The maximum Gasteiger partial charge on any atom is 0.237 e. The van der Waals surface area contributed by atoms with Gasteiger partial charge in [0.05, 0.1) is 15.3 Å². The van der Waals surface area contributed by atoms with E-state index in [0.29, 0.717) is 25.2 Å². The monoisotopic (exact) mass is 348 g/mol. The van der Waals surface area contributed by atoms with Gasteiger partial charge < -0.3 is 11.1 Å². The highest BCUT2D eigenvalue weighted by atomic mass is 35.5. The molecule has 0 saturated heterocycles. The third-order valence-electron chi connectivity index (χ3n) is 2.26. The number of rotatable bonds is 4. The first-order valence-electron chi connectivity index (χ1n) is 5.47. The molecule has 0 unspecified atom stereocenters. The number of anilines is 2. The standard InChI is InChI=1S/C11H10Cl2N4OS2/c1-5(19-11-17-16-10(14)20-11)9(18)15-6-2-3-7(12)8(13)4-6/h2-5H,1H3,(H2,14,16)(H,15,18)/t5-/m1/s1. The zero-order chi connectivity index (χ0) is 14.7. The lowest BCUT2D eigenvalue weighted by molar-refractivity contribution is -0.115. The van der Waals surface area contributed by atoms with Gasteiger partial charge in [-0.2, -0.15) is 0 Å². The van der Waals surface area contributed by atoms with E-state index < -0.39 is 0 Å². The van der Waals surface area contributed by atoms with Crippen LogP contribution in [0.5, 0.6) is 0 Å². The van der Waals surface area contributed by atoms with Crippen molar-refractivity contribution in [2.45, 2.75) is 16.5 Å². The summed E-state index contributed by atoms with van der Waals surface area (Å²) in [6.07, 6.45) is 0. The molecule has 0 aliphatic rings. The van der Waals surface area contributed by atoms with Crippen molar-refractivity contribution in [3.63, 3.8) is 0 Å². The molecule has 5 nitrogen and oxygen atoms in total. The summed E-state index contributed by atoms with van der Waals surface area (Å²) < 4.78 is 0.652. The minimum Gasteiger partial charge on any atom is -0.374 e. The maximum atomic E-state index is 12.0. The number of hydrogen-bond acceptors (Lipinski definition) is 6. The molecule has 1 aromatic carbocycles. The Morgan fingerprint density at radius 2 is 2.15 bits per heavy atom. The van der Waals surface area contributed by atoms with Gasteiger partial charge in [-0.1, -0.05) is 46.3 Å². The van der Waals surface area contributed by atoms with E-state index in [-0.39, 0.29) is 11.2 Å². The third kappa shape index (κ3) is 3.99. The van der Waals surface area contributed by atoms with Gasteiger partial charge in [0.1, 0.15) is 0 Å². The van der Waals surface area contributed by atoms with Crippen LogP contribution in [0.15, 0.2) is 22.5 Å². The van der Waals surface area contributed by atoms with E-state index in [4.69, 9.17) is 28.9 Å². The fourth-order valence-corrected chi connectivity index (χ4v) is 3.37. The van der Waals surface area contributed by atoms with Crippen molar-refractivity contribution < 1.29 is 4.79 Å². The average molecular weight is 349 g/mol. The summed E-state index contributed by atoms with van der Waals surface area (Å²) in [4.78, 5) is 12.0. The molecule has 0 spiro atoms. The van der Waals surface area contributed by atoms with Gasteiger partial charge in [-0.3, -0.25) is 4.79 Å². The number of amides is 1. The number of hydrogen-bond donors (Lipinski definition) is 2. The molecule has 0 fully saturated rings. The molecule has 9 heteroatoms. The quantitative estimate of drug-likeness (QED) is 0.825. The second-order valence-corrected chi connectivity index (χ2v) is 7.20. The smallest absolute Gasteiger partial charge is 0.237 e. The van der Waals surface area contributed by atoms with Gasteiger partial charge in [-0.25, -0.2) is 0 Å². The van der Waals surface area contributed by atoms with Crippen LogP contribution in [0.2, 0.25) is 10.0 Å². The number of carbonyl (C=O) groups excluding carboxylic acids is 1. The van der Waals surface area contributed by atoms with Crippen molar-refractivity contribution in [1.29, 1.82) is 0 Å². The van der Waals surface area contributed by atoms with E-state index >= 15 is 0 Å². The third-order valence-corrected chi connectivity index (χ3v) is 4.93. The number of thioether (sulfide) groups is 1. The van der Waals surface area contributed by atoms with Gasteiger partial charge in [-0.15, -0.1) is 10.2 Å². The van der Waals surface area contributed by atoms with E-state index in [2.05, 4.69) is 15.5 Å². The Hall–Kier alpha value is -1.02. The molecule has 0 bridgehead atoms. The lowest BCUT2D eigenvalue weighted by Crippen LogP contribution is -2.22. The summed E-state index contributed by atoms with van der Waals surface area (Å²) in [6.45, 7) is 1.77. The minimum atomic E-state index is -0.336. The Labute approximate surface area is 133 Å². The van der Waals surface area contributed by atoms with E-state index in [0.717, 1.165) is 0 Å². The van der Waals surface area contributed by atoms with E-state index in [1.54, 1.807) is 25.1 Å². The van der Waals surface area contributed by atoms with Gasteiger partial charge in [0.25, 0.3) is 0 Å². The van der Waals surface area contributed by atoms with Gasteiger partial charge in [-0.05, 0) is 25.1 Å². The molecule has 1 amide bonds. The van der Waals surface area contributed by atoms with Crippen molar-refractivity contribution in [1.82, 2.24) is 10.2 Å². The summed E-state index contributed by atoms with van der Waals surface area (Å²) >= 11 is 14.2. The number of halogens is 2. The predicted octanol–water partition coefficient (Wildman–Crippen LogP) is 3.55. The lowest BCUT2D eigenvalue weighted by Gasteiger charge is -2.10. The molecule has 1 aromatic heterocycles. The van der Waals surface area contributed by atoms with Gasteiger partial charge in [0, 0.05) is 5.69 Å². The highest BCUT2D eigenvalue weighted by Crippen LogP contribution is 2.29. The number of nitrogens with one attached hydrogen (secondary N) is 1. The lowest BCUT2D eigenvalue weighted by atomic mass is 10.3. The number of nitrogens with zero attached hydrogens (tertiary/aromatic N) is 2. The molecular formula is C11H10Cl2N4OS2. The topological polar surface area (TPSA) is 80.9 Å². The molecule has 0 aliphatic heterocycles. The van der Waals surface area contributed by atoms with Gasteiger partial charge in [0.2, 0.25) is 11.0 Å². The molecule has 1 heterocycles. The van der Waals surface area contributed by atoms with Gasteiger partial charge >= 0.3 is 0 Å². The molecule has 0 saturated carbocycles. The zero-order valence-electron chi connectivity index (χ0n) is 10.3. The molecule has 2 rings (SSSR count). The Morgan fingerprint density at radius 1 is 1.40 bits per heavy atom. The molecule has 2 aromatic rings. The highest BCUT2D eigenvalue weighted by Gasteiger charge is 2.17. The molecule has 106 valence electrons. The van der Waals surface area contributed by atoms with Crippen LogP contribution in [0.4, 0.5) is 10.8 Å². The first-order valence-corrected chi connectivity index (χ1v) is 7.92.